The number of aromatic amines is 1. The predicted octanol–water partition coefficient (Wildman–Crippen LogP) is 1.50. The fourth-order valence-corrected chi connectivity index (χ4v) is 1.95. The first kappa shape index (κ1) is 13.0. The van der Waals surface area contributed by atoms with Crippen LogP contribution in [-0.4, -0.2) is 24.5 Å². The molecule has 11 heteroatoms. The number of nitrogens with zero attached hydrogens (tertiary/aromatic N) is 4. The van der Waals surface area contributed by atoms with Gasteiger partial charge in [0.05, 0.1) is 16.0 Å². The van der Waals surface area contributed by atoms with Crippen molar-refractivity contribution in [2.75, 3.05) is 0 Å². The molecule has 0 fully saturated rings. The summed E-state index contributed by atoms with van der Waals surface area (Å²) in [6, 6.07) is 3.09. The van der Waals surface area contributed by atoms with E-state index in [0.717, 1.165) is 18.2 Å². The number of aromatic nitrogens is 4. The molecule has 2 heterocycles. The Balaban J connectivity index is 2.49. The van der Waals surface area contributed by atoms with E-state index >= 15 is 0 Å². The van der Waals surface area contributed by atoms with Crippen LogP contribution in [0.5, 0.6) is 0 Å². The standard InChI is InChI=1S/C10H4F3N5O3/c11-10(12,13)9-16-15-7-8(19)14-5-3-4(18(20)21)1-2-6(5)17(7)9/h1-3H,(H,14,19). The van der Waals surface area contributed by atoms with Crippen LogP contribution in [0.3, 0.4) is 0 Å². The van der Waals surface area contributed by atoms with E-state index in [2.05, 4.69) is 15.2 Å². The van der Waals surface area contributed by atoms with Gasteiger partial charge in [-0.05, 0) is 6.07 Å². The largest absolute Gasteiger partial charge is 0.452 e. The van der Waals surface area contributed by atoms with Crippen molar-refractivity contribution in [2.45, 2.75) is 6.18 Å². The monoisotopic (exact) mass is 299 g/mol. The summed E-state index contributed by atoms with van der Waals surface area (Å²) in [4.78, 5) is 23.9. The zero-order valence-electron chi connectivity index (χ0n) is 9.88. The summed E-state index contributed by atoms with van der Waals surface area (Å²) in [7, 11) is 0. The number of H-pyrrole nitrogens is 1. The Hall–Kier alpha value is -2.98. The van der Waals surface area contributed by atoms with Crippen molar-refractivity contribution >= 4 is 22.4 Å². The van der Waals surface area contributed by atoms with Crippen molar-refractivity contribution in [3.63, 3.8) is 0 Å². The molecule has 3 rings (SSSR count). The first-order valence-electron chi connectivity index (χ1n) is 5.42. The van der Waals surface area contributed by atoms with Crippen LogP contribution in [0.15, 0.2) is 23.0 Å². The molecule has 0 spiro atoms. The van der Waals surface area contributed by atoms with Crippen molar-refractivity contribution in [1.29, 1.82) is 0 Å². The molecule has 0 aliphatic carbocycles. The first-order valence-corrected chi connectivity index (χ1v) is 5.42. The van der Waals surface area contributed by atoms with Crippen molar-refractivity contribution < 1.29 is 18.1 Å². The summed E-state index contributed by atoms with van der Waals surface area (Å²) < 4.78 is 39.1. The number of nitrogens with one attached hydrogen (secondary N) is 1. The number of hydrogen-bond donors (Lipinski definition) is 1. The lowest BCUT2D eigenvalue weighted by atomic mass is 10.2. The summed E-state index contributed by atoms with van der Waals surface area (Å²) in [6.45, 7) is 0. The smallest absolute Gasteiger partial charge is 0.317 e. The zero-order chi connectivity index (χ0) is 15.4. The Kier molecular flexibility index (Phi) is 2.48. The van der Waals surface area contributed by atoms with E-state index < -0.39 is 28.1 Å². The van der Waals surface area contributed by atoms with Crippen LogP contribution in [0.1, 0.15) is 5.82 Å². The van der Waals surface area contributed by atoms with Crippen molar-refractivity contribution in [3.05, 3.63) is 44.5 Å². The average molecular weight is 299 g/mol. The predicted molar refractivity (Wildman–Crippen MR) is 62.8 cm³/mol. The highest BCUT2D eigenvalue weighted by atomic mass is 19.4. The Morgan fingerprint density at radius 2 is 2.00 bits per heavy atom. The average Bonchev–Trinajstić information content (AvgIpc) is 2.83. The van der Waals surface area contributed by atoms with Crippen molar-refractivity contribution in [1.82, 2.24) is 19.6 Å². The molecule has 2 aromatic heterocycles. The van der Waals surface area contributed by atoms with Gasteiger partial charge in [0.15, 0.2) is 0 Å². The van der Waals surface area contributed by atoms with Gasteiger partial charge in [0.25, 0.3) is 11.2 Å². The topological polar surface area (TPSA) is 106 Å². The lowest BCUT2D eigenvalue weighted by molar-refractivity contribution is -0.384. The minimum absolute atomic E-state index is 0.0903. The summed E-state index contributed by atoms with van der Waals surface area (Å²) >= 11 is 0. The highest BCUT2D eigenvalue weighted by molar-refractivity contribution is 5.79. The molecule has 0 saturated heterocycles. The third-order valence-electron chi connectivity index (χ3n) is 2.80. The van der Waals surface area contributed by atoms with Crippen molar-refractivity contribution in [2.24, 2.45) is 0 Å². The molecular formula is C10H4F3N5O3. The molecule has 1 N–H and O–H groups in total. The van der Waals surface area contributed by atoms with Gasteiger partial charge in [0, 0.05) is 12.1 Å². The molecule has 0 aliphatic rings. The van der Waals surface area contributed by atoms with Gasteiger partial charge < -0.3 is 4.98 Å². The molecule has 1 aromatic carbocycles. The lowest BCUT2D eigenvalue weighted by Gasteiger charge is -2.06. The summed E-state index contributed by atoms with van der Waals surface area (Å²) in [5.41, 5.74) is -2.03. The van der Waals surface area contributed by atoms with Gasteiger partial charge >= 0.3 is 6.18 Å². The number of alkyl halides is 3. The van der Waals surface area contributed by atoms with Crippen LogP contribution >= 0.6 is 0 Å². The minimum atomic E-state index is -4.82. The number of benzene rings is 1. The second-order valence-electron chi connectivity index (χ2n) is 4.09. The summed E-state index contributed by atoms with van der Waals surface area (Å²) in [5.74, 6) is -1.37. The molecule has 0 aliphatic heterocycles. The normalized spacial score (nSPS) is 12.1. The second-order valence-corrected chi connectivity index (χ2v) is 4.09. The van der Waals surface area contributed by atoms with Gasteiger partial charge in [-0.1, -0.05) is 0 Å². The maximum absolute atomic E-state index is 12.9. The molecule has 8 nitrogen and oxygen atoms in total. The van der Waals surface area contributed by atoms with Crippen LogP contribution in [-0.2, 0) is 6.18 Å². The van der Waals surface area contributed by atoms with Gasteiger partial charge in [-0.3, -0.25) is 19.3 Å². The maximum Gasteiger partial charge on any atom is 0.452 e. The van der Waals surface area contributed by atoms with Crippen molar-refractivity contribution in [3.8, 4) is 0 Å². The molecule has 108 valence electrons. The maximum atomic E-state index is 12.9. The van der Waals surface area contributed by atoms with Crippen LogP contribution in [0.25, 0.3) is 16.7 Å². The third-order valence-corrected chi connectivity index (χ3v) is 2.80. The quantitative estimate of drug-likeness (QED) is 0.541. The third kappa shape index (κ3) is 1.89. The second kappa shape index (κ2) is 4.01. The Morgan fingerprint density at radius 1 is 1.29 bits per heavy atom. The number of hydrogen-bond acceptors (Lipinski definition) is 5. The van der Waals surface area contributed by atoms with Crippen LogP contribution in [0.4, 0.5) is 18.9 Å². The fraction of sp³-hybridized carbons (Fsp3) is 0.100. The first-order chi connectivity index (χ1) is 9.79. The van der Waals surface area contributed by atoms with E-state index in [1.54, 1.807) is 0 Å². The van der Waals surface area contributed by atoms with Crippen LogP contribution in [0, 0.1) is 10.1 Å². The number of nitro groups is 1. The van der Waals surface area contributed by atoms with E-state index in [-0.39, 0.29) is 16.7 Å². The van der Waals surface area contributed by atoms with Crippen LogP contribution in [0.2, 0.25) is 0 Å². The molecule has 0 saturated carbocycles. The summed E-state index contributed by atoms with van der Waals surface area (Å²) in [6.07, 6.45) is -4.82. The Bertz CT molecular complexity index is 943. The number of rotatable bonds is 1. The molecule has 0 radical (unpaired) electrons. The van der Waals surface area contributed by atoms with E-state index in [4.69, 9.17) is 0 Å². The van der Waals surface area contributed by atoms with Gasteiger partial charge in [0.1, 0.15) is 0 Å². The lowest BCUT2D eigenvalue weighted by Crippen LogP contribution is -2.16. The molecule has 0 bridgehead atoms. The molecule has 3 aromatic rings. The van der Waals surface area contributed by atoms with Gasteiger partial charge in [-0.15, -0.1) is 10.2 Å². The van der Waals surface area contributed by atoms with Gasteiger partial charge in [0.2, 0.25) is 11.5 Å². The zero-order valence-corrected chi connectivity index (χ0v) is 9.88. The highest BCUT2D eigenvalue weighted by Crippen LogP contribution is 2.29. The summed E-state index contributed by atoms with van der Waals surface area (Å²) in [5, 5.41) is 16.8. The van der Waals surface area contributed by atoms with Crippen LogP contribution < -0.4 is 5.56 Å². The van der Waals surface area contributed by atoms with E-state index in [9.17, 15) is 28.1 Å². The van der Waals surface area contributed by atoms with E-state index in [1.807, 2.05) is 0 Å². The Morgan fingerprint density at radius 3 is 2.62 bits per heavy atom. The molecule has 0 unspecified atom stereocenters. The van der Waals surface area contributed by atoms with Gasteiger partial charge in [-0.25, -0.2) is 0 Å². The molecular weight excluding hydrogens is 295 g/mol. The van der Waals surface area contributed by atoms with E-state index in [0.29, 0.717) is 4.40 Å². The fourth-order valence-electron chi connectivity index (χ4n) is 1.95. The number of non-ortho nitro benzene ring substituents is 1. The molecule has 21 heavy (non-hydrogen) atoms. The Labute approximate surface area is 112 Å². The molecule has 0 amide bonds. The minimum Gasteiger partial charge on any atom is -0.317 e. The number of halogens is 3. The SMILES string of the molecule is O=c1[nH]c2cc([N+](=O)[O-])ccc2n2c(C(F)(F)F)nnc12. The van der Waals surface area contributed by atoms with Gasteiger partial charge in [-0.2, -0.15) is 13.2 Å². The number of fused-ring (bicyclic) bond motifs is 3. The highest BCUT2D eigenvalue weighted by Gasteiger charge is 2.38. The number of nitro benzene ring substituents is 1. The van der Waals surface area contributed by atoms with E-state index in [1.165, 1.54) is 0 Å². The molecule has 0 atom stereocenters.